The molecule has 6 heteroatoms. The molecule has 2 aromatic carbocycles. The minimum absolute atomic E-state index is 0.124. The van der Waals surface area contributed by atoms with Gasteiger partial charge in [0.25, 0.3) is 5.91 Å². The summed E-state index contributed by atoms with van der Waals surface area (Å²) in [5.41, 5.74) is 2.90. The van der Waals surface area contributed by atoms with Crippen LogP contribution >= 0.6 is 11.8 Å². The standard InChI is InChI=1S/C26H34N2O3S/c1-19-15-20(2)17-22(16-19)31-14-13-27-26(30)23-11-7-8-12-24(23)32-18-25(29)28(3)21-9-5-4-6-10-21/h7-8,11-12,15-17,21H,4-6,9-10,13-14,18H2,1-3H3,(H,27,30). The van der Waals surface area contributed by atoms with Crippen molar-refractivity contribution in [2.75, 3.05) is 26.0 Å². The summed E-state index contributed by atoms with van der Waals surface area (Å²) in [5, 5.41) is 2.93. The maximum Gasteiger partial charge on any atom is 0.252 e. The maximum absolute atomic E-state index is 12.7. The lowest BCUT2D eigenvalue weighted by Crippen LogP contribution is -2.39. The number of ether oxygens (including phenoxy) is 1. The molecule has 0 saturated heterocycles. The first-order valence-corrected chi connectivity index (χ1v) is 12.4. The van der Waals surface area contributed by atoms with Crippen LogP contribution in [-0.2, 0) is 4.79 Å². The fourth-order valence-electron chi connectivity index (χ4n) is 4.14. The van der Waals surface area contributed by atoms with Crippen molar-refractivity contribution in [1.82, 2.24) is 10.2 Å². The van der Waals surface area contributed by atoms with Crippen LogP contribution in [0.15, 0.2) is 47.4 Å². The molecular weight excluding hydrogens is 420 g/mol. The highest BCUT2D eigenvalue weighted by Gasteiger charge is 2.22. The molecule has 0 spiro atoms. The van der Waals surface area contributed by atoms with Crippen molar-refractivity contribution in [3.63, 3.8) is 0 Å². The van der Waals surface area contributed by atoms with Gasteiger partial charge in [-0.1, -0.05) is 37.5 Å². The van der Waals surface area contributed by atoms with Gasteiger partial charge in [-0.3, -0.25) is 9.59 Å². The number of benzene rings is 2. The third-order valence-electron chi connectivity index (χ3n) is 5.85. The number of nitrogens with one attached hydrogen (secondary N) is 1. The summed E-state index contributed by atoms with van der Waals surface area (Å²) in [7, 11) is 1.91. The molecule has 0 radical (unpaired) electrons. The quantitative estimate of drug-likeness (QED) is 0.428. The van der Waals surface area contributed by atoms with Crippen molar-refractivity contribution in [3.8, 4) is 5.75 Å². The second-order valence-electron chi connectivity index (χ2n) is 8.51. The van der Waals surface area contributed by atoms with E-state index in [9.17, 15) is 9.59 Å². The van der Waals surface area contributed by atoms with Gasteiger partial charge in [-0.2, -0.15) is 0 Å². The topological polar surface area (TPSA) is 58.6 Å². The fraction of sp³-hybridized carbons (Fsp3) is 0.462. The zero-order valence-corrected chi connectivity index (χ0v) is 20.2. The molecular formula is C26H34N2O3S. The van der Waals surface area contributed by atoms with Crippen molar-refractivity contribution >= 4 is 23.6 Å². The first kappa shape index (κ1) is 24.2. The van der Waals surface area contributed by atoms with Crippen molar-refractivity contribution in [2.24, 2.45) is 0 Å². The molecule has 0 aromatic heterocycles. The highest BCUT2D eigenvalue weighted by molar-refractivity contribution is 8.00. The maximum atomic E-state index is 12.7. The third kappa shape index (κ3) is 7.02. The van der Waals surface area contributed by atoms with E-state index in [-0.39, 0.29) is 11.8 Å². The summed E-state index contributed by atoms with van der Waals surface area (Å²) in [5.74, 6) is 1.13. The molecule has 0 unspecified atom stereocenters. The number of amides is 2. The van der Waals surface area contributed by atoms with E-state index in [1.165, 1.54) is 31.0 Å². The van der Waals surface area contributed by atoms with E-state index in [1.54, 1.807) is 6.07 Å². The Hall–Kier alpha value is -2.47. The predicted molar refractivity (Wildman–Crippen MR) is 131 cm³/mol. The van der Waals surface area contributed by atoms with Crippen LogP contribution in [-0.4, -0.2) is 48.7 Å². The number of carbonyl (C=O) groups is 2. The molecule has 3 rings (SSSR count). The van der Waals surface area contributed by atoms with Gasteiger partial charge in [0.2, 0.25) is 5.91 Å². The summed E-state index contributed by atoms with van der Waals surface area (Å²) in [6.07, 6.45) is 5.86. The van der Waals surface area contributed by atoms with Crippen LogP contribution in [0.2, 0.25) is 0 Å². The highest BCUT2D eigenvalue weighted by Crippen LogP contribution is 2.25. The first-order chi connectivity index (χ1) is 15.4. The van der Waals surface area contributed by atoms with Crippen molar-refractivity contribution in [1.29, 1.82) is 0 Å². The lowest BCUT2D eigenvalue weighted by atomic mass is 9.94. The summed E-state index contributed by atoms with van der Waals surface area (Å²) < 4.78 is 5.78. The first-order valence-electron chi connectivity index (χ1n) is 11.4. The van der Waals surface area contributed by atoms with Gasteiger partial charge in [0.1, 0.15) is 12.4 Å². The number of nitrogens with zero attached hydrogens (tertiary/aromatic N) is 1. The molecule has 0 heterocycles. The Bertz CT molecular complexity index is 905. The van der Waals surface area contributed by atoms with Crippen LogP contribution in [0.4, 0.5) is 0 Å². The Labute approximate surface area is 195 Å². The SMILES string of the molecule is Cc1cc(C)cc(OCCNC(=O)c2ccccc2SCC(=O)N(C)C2CCCCC2)c1. The average molecular weight is 455 g/mol. The van der Waals surface area contributed by atoms with Gasteiger partial charge in [0.05, 0.1) is 17.9 Å². The molecule has 172 valence electrons. The number of rotatable bonds is 9. The number of hydrogen-bond donors (Lipinski definition) is 1. The van der Waals surface area contributed by atoms with Gasteiger partial charge >= 0.3 is 0 Å². The minimum Gasteiger partial charge on any atom is -0.492 e. The van der Waals surface area contributed by atoms with E-state index >= 15 is 0 Å². The van der Waals surface area contributed by atoms with Gasteiger partial charge in [-0.25, -0.2) is 0 Å². The van der Waals surface area contributed by atoms with Crippen molar-refractivity contribution in [3.05, 3.63) is 59.2 Å². The molecule has 1 N–H and O–H groups in total. The number of carbonyl (C=O) groups excluding carboxylic acids is 2. The zero-order valence-electron chi connectivity index (χ0n) is 19.4. The molecule has 1 fully saturated rings. The smallest absolute Gasteiger partial charge is 0.252 e. The molecule has 0 aliphatic heterocycles. The molecule has 1 aliphatic rings. The molecule has 32 heavy (non-hydrogen) atoms. The Morgan fingerprint density at radius 1 is 1.06 bits per heavy atom. The lowest BCUT2D eigenvalue weighted by molar-refractivity contribution is -0.129. The van der Waals surface area contributed by atoms with Gasteiger partial charge in [0.15, 0.2) is 0 Å². The fourth-order valence-corrected chi connectivity index (χ4v) is 5.11. The van der Waals surface area contributed by atoms with Crippen LogP contribution in [0.25, 0.3) is 0 Å². The molecule has 5 nitrogen and oxygen atoms in total. The van der Waals surface area contributed by atoms with Gasteiger partial charge in [-0.05, 0) is 62.1 Å². The second-order valence-corrected chi connectivity index (χ2v) is 9.53. The normalized spacial score (nSPS) is 14.1. The van der Waals surface area contributed by atoms with Crippen LogP contribution in [0.1, 0.15) is 53.6 Å². The summed E-state index contributed by atoms with van der Waals surface area (Å²) in [4.78, 5) is 28.1. The second kappa shape index (κ2) is 12.0. The molecule has 1 saturated carbocycles. The molecule has 1 aliphatic carbocycles. The Balaban J connectivity index is 1.49. The zero-order chi connectivity index (χ0) is 22.9. The summed E-state index contributed by atoms with van der Waals surface area (Å²) in [6.45, 7) is 4.88. The molecule has 0 bridgehead atoms. The number of aryl methyl sites for hydroxylation is 2. The Morgan fingerprint density at radius 2 is 1.75 bits per heavy atom. The highest BCUT2D eigenvalue weighted by atomic mass is 32.2. The van der Waals surface area contributed by atoms with Crippen LogP contribution in [0.5, 0.6) is 5.75 Å². The largest absolute Gasteiger partial charge is 0.492 e. The van der Waals surface area contributed by atoms with Crippen LogP contribution < -0.4 is 10.1 Å². The van der Waals surface area contributed by atoms with E-state index in [0.717, 1.165) is 34.6 Å². The molecule has 2 amide bonds. The van der Waals surface area contributed by atoms with Crippen molar-refractivity contribution in [2.45, 2.75) is 56.9 Å². The Kier molecular flexibility index (Phi) is 9.03. The summed E-state index contributed by atoms with van der Waals surface area (Å²) >= 11 is 1.43. The van der Waals surface area contributed by atoms with Gasteiger partial charge < -0.3 is 15.0 Å². The van der Waals surface area contributed by atoms with E-state index in [2.05, 4.69) is 11.4 Å². The molecule has 0 atom stereocenters. The van der Waals surface area contributed by atoms with E-state index in [1.807, 2.05) is 56.1 Å². The van der Waals surface area contributed by atoms with Crippen LogP contribution in [0.3, 0.4) is 0 Å². The number of thioether (sulfide) groups is 1. The van der Waals surface area contributed by atoms with Gasteiger partial charge in [-0.15, -0.1) is 11.8 Å². The Morgan fingerprint density at radius 3 is 2.47 bits per heavy atom. The van der Waals surface area contributed by atoms with Crippen LogP contribution in [0, 0.1) is 13.8 Å². The third-order valence-corrected chi connectivity index (χ3v) is 6.91. The van der Waals surface area contributed by atoms with Crippen molar-refractivity contribution < 1.29 is 14.3 Å². The summed E-state index contributed by atoms with van der Waals surface area (Å²) in [6, 6.07) is 13.9. The van der Waals surface area contributed by atoms with E-state index < -0.39 is 0 Å². The van der Waals surface area contributed by atoms with Gasteiger partial charge in [0, 0.05) is 18.0 Å². The van der Waals surface area contributed by atoms with E-state index in [0.29, 0.717) is 30.5 Å². The lowest BCUT2D eigenvalue weighted by Gasteiger charge is -2.31. The monoisotopic (exact) mass is 454 g/mol. The molecule has 2 aromatic rings. The predicted octanol–water partition coefficient (Wildman–Crippen LogP) is 5.00. The van der Waals surface area contributed by atoms with E-state index in [4.69, 9.17) is 4.74 Å². The minimum atomic E-state index is -0.148. The number of hydrogen-bond acceptors (Lipinski definition) is 4. The average Bonchev–Trinajstić information content (AvgIpc) is 2.79.